The zero-order valence-corrected chi connectivity index (χ0v) is 10.8. The van der Waals surface area contributed by atoms with Gasteiger partial charge in [0.25, 0.3) is 5.91 Å². The lowest BCUT2D eigenvalue weighted by Gasteiger charge is -2.09. The molecule has 3 N–H and O–H groups in total. The number of carboxylic acids is 1. The third-order valence-corrected chi connectivity index (χ3v) is 2.41. The third kappa shape index (κ3) is 4.42. The SMILES string of the molecule is CCNC(=O)c1ccc(NC(=O)CC(=O)O)c(C)c1. The lowest BCUT2D eigenvalue weighted by atomic mass is 10.1. The molecule has 6 nitrogen and oxygen atoms in total. The predicted octanol–water partition coefficient (Wildman–Crippen LogP) is 1.16. The van der Waals surface area contributed by atoms with Crippen LogP contribution in [0.1, 0.15) is 29.3 Å². The molecule has 0 aliphatic carbocycles. The standard InChI is InChI=1S/C13H16N2O4/c1-3-14-13(19)9-4-5-10(8(2)6-9)15-11(16)7-12(17)18/h4-6H,3,7H2,1-2H3,(H,14,19)(H,15,16)(H,17,18). The first-order chi connectivity index (χ1) is 8.93. The summed E-state index contributed by atoms with van der Waals surface area (Å²) < 4.78 is 0. The molecular weight excluding hydrogens is 248 g/mol. The minimum Gasteiger partial charge on any atom is -0.481 e. The van der Waals surface area contributed by atoms with Crippen LogP contribution in [0.4, 0.5) is 5.69 Å². The van der Waals surface area contributed by atoms with Crippen molar-refractivity contribution >= 4 is 23.5 Å². The molecule has 0 spiro atoms. The quantitative estimate of drug-likeness (QED) is 0.695. The molecule has 0 fully saturated rings. The van der Waals surface area contributed by atoms with Crippen molar-refractivity contribution < 1.29 is 19.5 Å². The molecule has 0 atom stereocenters. The van der Waals surface area contributed by atoms with Crippen LogP contribution in [-0.2, 0) is 9.59 Å². The van der Waals surface area contributed by atoms with Crippen molar-refractivity contribution in [2.75, 3.05) is 11.9 Å². The van der Waals surface area contributed by atoms with E-state index in [-0.39, 0.29) is 5.91 Å². The summed E-state index contributed by atoms with van der Waals surface area (Å²) in [5.41, 5.74) is 1.69. The van der Waals surface area contributed by atoms with E-state index in [4.69, 9.17) is 5.11 Å². The van der Waals surface area contributed by atoms with Crippen LogP contribution in [0.15, 0.2) is 18.2 Å². The molecule has 102 valence electrons. The van der Waals surface area contributed by atoms with Crippen molar-refractivity contribution in [1.82, 2.24) is 5.32 Å². The lowest BCUT2D eigenvalue weighted by Crippen LogP contribution is -2.23. The molecule has 6 heteroatoms. The minimum atomic E-state index is -1.19. The summed E-state index contributed by atoms with van der Waals surface area (Å²) >= 11 is 0. The van der Waals surface area contributed by atoms with E-state index in [1.54, 1.807) is 25.1 Å². The van der Waals surface area contributed by atoms with Gasteiger partial charge in [0.15, 0.2) is 0 Å². The molecule has 0 aromatic heterocycles. The van der Waals surface area contributed by atoms with Gasteiger partial charge in [0.1, 0.15) is 6.42 Å². The largest absolute Gasteiger partial charge is 0.481 e. The van der Waals surface area contributed by atoms with Gasteiger partial charge in [0, 0.05) is 17.8 Å². The average Bonchev–Trinajstić information content (AvgIpc) is 2.31. The highest BCUT2D eigenvalue weighted by atomic mass is 16.4. The van der Waals surface area contributed by atoms with Crippen molar-refractivity contribution in [1.29, 1.82) is 0 Å². The highest BCUT2D eigenvalue weighted by molar-refractivity contribution is 6.02. The first-order valence-corrected chi connectivity index (χ1v) is 5.84. The third-order valence-electron chi connectivity index (χ3n) is 2.41. The van der Waals surface area contributed by atoms with Crippen LogP contribution >= 0.6 is 0 Å². The number of carbonyl (C=O) groups is 3. The van der Waals surface area contributed by atoms with E-state index < -0.39 is 18.3 Å². The predicted molar refractivity (Wildman–Crippen MR) is 70.1 cm³/mol. The van der Waals surface area contributed by atoms with Gasteiger partial charge in [-0.1, -0.05) is 0 Å². The molecule has 1 aromatic carbocycles. The Morgan fingerprint density at radius 2 is 1.95 bits per heavy atom. The average molecular weight is 264 g/mol. The number of nitrogens with one attached hydrogen (secondary N) is 2. The van der Waals surface area contributed by atoms with Gasteiger partial charge >= 0.3 is 5.97 Å². The number of rotatable bonds is 5. The van der Waals surface area contributed by atoms with Gasteiger partial charge in [-0.3, -0.25) is 14.4 Å². The summed E-state index contributed by atoms with van der Waals surface area (Å²) in [4.78, 5) is 33.3. The van der Waals surface area contributed by atoms with E-state index in [9.17, 15) is 14.4 Å². The maximum Gasteiger partial charge on any atom is 0.312 e. The van der Waals surface area contributed by atoms with Gasteiger partial charge in [-0.05, 0) is 37.6 Å². The van der Waals surface area contributed by atoms with Gasteiger partial charge in [-0.25, -0.2) is 0 Å². The van der Waals surface area contributed by atoms with Gasteiger partial charge in [0.2, 0.25) is 5.91 Å². The van der Waals surface area contributed by atoms with Crippen LogP contribution in [-0.4, -0.2) is 29.4 Å². The van der Waals surface area contributed by atoms with Gasteiger partial charge in [-0.15, -0.1) is 0 Å². The van der Waals surface area contributed by atoms with Crippen LogP contribution < -0.4 is 10.6 Å². The molecule has 0 radical (unpaired) electrons. The fraction of sp³-hybridized carbons (Fsp3) is 0.308. The molecule has 0 saturated carbocycles. The normalized spacial score (nSPS) is 9.79. The molecule has 19 heavy (non-hydrogen) atoms. The zero-order valence-electron chi connectivity index (χ0n) is 10.8. The highest BCUT2D eigenvalue weighted by Gasteiger charge is 2.11. The Morgan fingerprint density at radius 3 is 2.47 bits per heavy atom. The Hall–Kier alpha value is -2.37. The second-order valence-electron chi connectivity index (χ2n) is 4.01. The van der Waals surface area contributed by atoms with Gasteiger partial charge < -0.3 is 15.7 Å². The number of carbonyl (C=O) groups excluding carboxylic acids is 2. The van der Waals surface area contributed by atoms with Crippen LogP contribution in [0.5, 0.6) is 0 Å². The van der Waals surface area contributed by atoms with Crippen LogP contribution in [0.3, 0.4) is 0 Å². The zero-order chi connectivity index (χ0) is 14.4. The second kappa shape index (κ2) is 6.53. The van der Waals surface area contributed by atoms with E-state index in [1.165, 1.54) is 0 Å². The monoisotopic (exact) mass is 264 g/mol. The smallest absolute Gasteiger partial charge is 0.312 e. The van der Waals surface area contributed by atoms with E-state index in [0.717, 1.165) is 0 Å². The first-order valence-electron chi connectivity index (χ1n) is 5.84. The molecule has 1 rings (SSSR count). The Morgan fingerprint density at radius 1 is 1.26 bits per heavy atom. The fourth-order valence-electron chi connectivity index (χ4n) is 1.54. The molecule has 0 heterocycles. The van der Waals surface area contributed by atoms with Gasteiger partial charge in [0.05, 0.1) is 0 Å². The summed E-state index contributed by atoms with van der Waals surface area (Å²) in [6.07, 6.45) is -0.586. The van der Waals surface area contributed by atoms with E-state index in [1.807, 2.05) is 6.92 Å². The summed E-state index contributed by atoms with van der Waals surface area (Å²) in [6.45, 7) is 4.10. The molecule has 0 saturated heterocycles. The number of amides is 2. The number of carboxylic acid groups (broad SMARTS) is 1. The second-order valence-corrected chi connectivity index (χ2v) is 4.01. The van der Waals surface area contributed by atoms with Crippen LogP contribution in [0, 0.1) is 6.92 Å². The Kier molecular flexibility index (Phi) is 5.05. The summed E-state index contributed by atoms with van der Waals surface area (Å²) in [6, 6.07) is 4.80. The van der Waals surface area contributed by atoms with Crippen molar-refractivity contribution in [2.24, 2.45) is 0 Å². The maximum atomic E-state index is 11.6. The summed E-state index contributed by atoms with van der Waals surface area (Å²) in [7, 11) is 0. The van der Waals surface area contributed by atoms with Crippen LogP contribution in [0.2, 0.25) is 0 Å². The first kappa shape index (κ1) is 14.7. The van der Waals surface area contributed by atoms with Crippen molar-refractivity contribution in [3.63, 3.8) is 0 Å². The van der Waals surface area contributed by atoms with Crippen molar-refractivity contribution in [3.05, 3.63) is 29.3 Å². The Balaban J connectivity index is 2.80. The topological polar surface area (TPSA) is 95.5 Å². The van der Waals surface area contributed by atoms with E-state index in [2.05, 4.69) is 10.6 Å². The fourth-order valence-corrected chi connectivity index (χ4v) is 1.54. The summed E-state index contributed by atoms with van der Waals surface area (Å²) in [5, 5.41) is 13.7. The molecule has 0 bridgehead atoms. The van der Waals surface area contributed by atoms with Crippen LogP contribution in [0.25, 0.3) is 0 Å². The Labute approximate surface area is 110 Å². The number of anilines is 1. The number of aryl methyl sites for hydroxylation is 1. The van der Waals surface area contributed by atoms with Gasteiger partial charge in [-0.2, -0.15) is 0 Å². The molecule has 1 aromatic rings. The minimum absolute atomic E-state index is 0.186. The molecule has 2 amide bonds. The number of hydrogen-bond donors (Lipinski definition) is 3. The summed E-state index contributed by atoms with van der Waals surface area (Å²) in [5.74, 6) is -1.97. The molecule has 0 unspecified atom stereocenters. The number of hydrogen-bond acceptors (Lipinski definition) is 3. The van der Waals surface area contributed by atoms with Crippen molar-refractivity contribution in [3.8, 4) is 0 Å². The number of benzene rings is 1. The van der Waals surface area contributed by atoms with Crippen molar-refractivity contribution in [2.45, 2.75) is 20.3 Å². The Bertz CT molecular complexity index is 511. The highest BCUT2D eigenvalue weighted by Crippen LogP contribution is 2.16. The molecule has 0 aliphatic rings. The maximum absolute atomic E-state index is 11.6. The number of aliphatic carboxylic acids is 1. The molecular formula is C13H16N2O4. The molecule has 0 aliphatic heterocycles. The lowest BCUT2D eigenvalue weighted by molar-refractivity contribution is -0.139. The van der Waals surface area contributed by atoms with E-state index in [0.29, 0.717) is 23.4 Å². The van der Waals surface area contributed by atoms with E-state index >= 15 is 0 Å².